The summed E-state index contributed by atoms with van der Waals surface area (Å²) in [6.07, 6.45) is 3.96. The fourth-order valence-electron chi connectivity index (χ4n) is 2.63. The number of morpholine rings is 1. The number of likely N-dealkylation sites (N-methyl/N-ethyl adjacent to an activating group) is 1. The van der Waals surface area contributed by atoms with Gasteiger partial charge in [-0.3, -0.25) is 4.99 Å². The predicted octanol–water partition coefficient (Wildman–Crippen LogP) is 2.70. The van der Waals surface area contributed by atoms with E-state index in [0.717, 1.165) is 44.7 Å². The molecule has 0 aromatic heterocycles. The molecule has 0 aliphatic carbocycles. The Kier molecular flexibility index (Phi) is 13.2. The van der Waals surface area contributed by atoms with Crippen LogP contribution in [0, 0.1) is 5.92 Å². The third-order valence-corrected chi connectivity index (χ3v) is 3.94. The molecule has 5 nitrogen and oxygen atoms in total. The summed E-state index contributed by atoms with van der Waals surface area (Å²) in [6, 6.07) is 0.450. The molecule has 2 unspecified atom stereocenters. The minimum Gasteiger partial charge on any atom is -0.374 e. The van der Waals surface area contributed by atoms with E-state index in [9.17, 15) is 0 Å². The van der Waals surface area contributed by atoms with E-state index in [4.69, 9.17) is 9.73 Å². The molecule has 23 heavy (non-hydrogen) atoms. The maximum Gasteiger partial charge on any atom is 0.191 e. The lowest BCUT2D eigenvalue weighted by molar-refractivity contribution is -0.0136. The van der Waals surface area contributed by atoms with Crippen LogP contribution in [0.25, 0.3) is 0 Å². The minimum atomic E-state index is 0. The van der Waals surface area contributed by atoms with Crippen molar-refractivity contribution in [3.05, 3.63) is 0 Å². The monoisotopic (exact) mass is 440 g/mol. The van der Waals surface area contributed by atoms with Gasteiger partial charge >= 0.3 is 0 Å². The number of hydrogen-bond acceptors (Lipinski definition) is 3. The van der Waals surface area contributed by atoms with E-state index in [0.29, 0.717) is 6.04 Å². The lowest BCUT2D eigenvalue weighted by Gasteiger charge is -2.29. The van der Waals surface area contributed by atoms with Crippen LogP contribution in [0.4, 0.5) is 0 Å². The highest BCUT2D eigenvalue weighted by Gasteiger charge is 2.17. The van der Waals surface area contributed by atoms with Crippen LogP contribution in [0.15, 0.2) is 4.99 Å². The third kappa shape index (κ3) is 11.2. The number of ether oxygens (including phenoxy) is 1. The Morgan fingerprint density at radius 2 is 2.04 bits per heavy atom. The number of nitrogens with one attached hydrogen (secondary N) is 2. The average Bonchev–Trinajstić information content (AvgIpc) is 2.44. The fourth-order valence-corrected chi connectivity index (χ4v) is 2.63. The molecule has 1 rings (SSSR count). The Bertz CT molecular complexity index is 326. The van der Waals surface area contributed by atoms with Gasteiger partial charge in [-0.05, 0) is 33.2 Å². The standard InChI is InChI=1S/C17H36N4O.HI/c1-6-18-17(20-15(4)9-7-8-14(2)3)19-12-16-13-21(5)10-11-22-16;/h14-16H,6-13H2,1-5H3,(H2,18,19,20);1H. The summed E-state index contributed by atoms with van der Waals surface area (Å²) >= 11 is 0. The molecule has 0 saturated carbocycles. The number of hydrogen-bond donors (Lipinski definition) is 2. The molecule has 0 aromatic rings. The molecule has 1 saturated heterocycles. The van der Waals surface area contributed by atoms with Crippen molar-refractivity contribution in [2.75, 3.05) is 39.8 Å². The summed E-state index contributed by atoms with van der Waals surface area (Å²) in [7, 11) is 2.14. The molecule has 0 radical (unpaired) electrons. The maximum absolute atomic E-state index is 5.77. The summed E-state index contributed by atoms with van der Waals surface area (Å²) in [4.78, 5) is 7.00. The number of nitrogens with zero attached hydrogens (tertiary/aromatic N) is 2. The lowest BCUT2D eigenvalue weighted by Crippen LogP contribution is -2.44. The van der Waals surface area contributed by atoms with E-state index < -0.39 is 0 Å². The summed E-state index contributed by atoms with van der Waals surface area (Å²) in [5, 5.41) is 6.85. The molecule has 2 atom stereocenters. The molecule has 0 bridgehead atoms. The summed E-state index contributed by atoms with van der Waals surface area (Å²) < 4.78 is 5.77. The van der Waals surface area contributed by atoms with Crippen LogP contribution in [-0.4, -0.2) is 62.8 Å². The fraction of sp³-hybridized carbons (Fsp3) is 0.941. The predicted molar refractivity (Wildman–Crippen MR) is 110 cm³/mol. The van der Waals surface area contributed by atoms with Crippen molar-refractivity contribution in [3.8, 4) is 0 Å². The SMILES string of the molecule is CCNC(=NCC1CN(C)CCO1)NC(C)CCCC(C)C.I. The van der Waals surface area contributed by atoms with E-state index in [1.165, 1.54) is 19.3 Å². The zero-order valence-corrected chi connectivity index (χ0v) is 17.9. The van der Waals surface area contributed by atoms with Gasteiger partial charge in [-0.15, -0.1) is 24.0 Å². The first kappa shape index (κ1) is 22.9. The molecule has 0 amide bonds. The van der Waals surface area contributed by atoms with Crippen LogP contribution in [0.5, 0.6) is 0 Å². The highest BCUT2D eigenvalue weighted by atomic mass is 127. The van der Waals surface area contributed by atoms with Crippen LogP contribution in [0.2, 0.25) is 0 Å². The Balaban J connectivity index is 0.00000484. The second kappa shape index (κ2) is 13.2. The zero-order chi connectivity index (χ0) is 16.4. The van der Waals surface area contributed by atoms with Crippen molar-refractivity contribution in [1.82, 2.24) is 15.5 Å². The Morgan fingerprint density at radius 3 is 2.65 bits per heavy atom. The van der Waals surface area contributed by atoms with Crippen LogP contribution in [0.3, 0.4) is 0 Å². The third-order valence-electron chi connectivity index (χ3n) is 3.94. The number of halogens is 1. The molecular weight excluding hydrogens is 403 g/mol. The van der Waals surface area contributed by atoms with E-state index in [-0.39, 0.29) is 30.1 Å². The van der Waals surface area contributed by atoms with Gasteiger partial charge in [-0.1, -0.05) is 26.7 Å². The van der Waals surface area contributed by atoms with Crippen LogP contribution in [-0.2, 0) is 4.74 Å². The Labute approximate surface area is 160 Å². The van der Waals surface area contributed by atoms with Crippen molar-refractivity contribution in [2.24, 2.45) is 10.9 Å². The first-order valence-electron chi connectivity index (χ1n) is 8.86. The first-order valence-corrected chi connectivity index (χ1v) is 8.86. The molecule has 0 aromatic carbocycles. The van der Waals surface area contributed by atoms with Gasteiger partial charge in [0.2, 0.25) is 0 Å². The van der Waals surface area contributed by atoms with Crippen LogP contribution in [0.1, 0.15) is 47.0 Å². The van der Waals surface area contributed by atoms with Gasteiger partial charge in [-0.2, -0.15) is 0 Å². The van der Waals surface area contributed by atoms with Gasteiger partial charge in [0, 0.05) is 25.7 Å². The van der Waals surface area contributed by atoms with Gasteiger partial charge in [0.1, 0.15) is 0 Å². The highest BCUT2D eigenvalue weighted by Crippen LogP contribution is 2.08. The van der Waals surface area contributed by atoms with E-state index in [1.807, 2.05) is 0 Å². The van der Waals surface area contributed by atoms with Crippen LogP contribution < -0.4 is 10.6 Å². The molecule has 6 heteroatoms. The van der Waals surface area contributed by atoms with Gasteiger partial charge in [0.25, 0.3) is 0 Å². The van der Waals surface area contributed by atoms with Crippen LogP contribution >= 0.6 is 24.0 Å². The molecule has 1 heterocycles. The quantitative estimate of drug-likeness (QED) is 0.346. The highest BCUT2D eigenvalue weighted by molar-refractivity contribution is 14.0. The molecule has 2 N–H and O–H groups in total. The van der Waals surface area contributed by atoms with Crippen molar-refractivity contribution in [1.29, 1.82) is 0 Å². The number of guanidine groups is 1. The summed E-state index contributed by atoms with van der Waals surface area (Å²) in [6.45, 7) is 13.3. The molecule has 1 aliphatic rings. The molecule has 138 valence electrons. The van der Waals surface area contributed by atoms with Crippen molar-refractivity contribution in [2.45, 2.75) is 59.1 Å². The number of rotatable bonds is 8. The summed E-state index contributed by atoms with van der Waals surface area (Å²) in [5.41, 5.74) is 0. The van der Waals surface area contributed by atoms with E-state index >= 15 is 0 Å². The lowest BCUT2D eigenvalue weighted by atomic mass is 10.0. The molecule has 1 aliphatic heterocycles. The van der Waals surface area contributed by atoms with Gasteiger partial charge in [-0.25, -0.2) is 0 Å². The van der Waals surface area contributed by atoms with E-state index in [2.05, 4.69) is 50.3 Å². The average molecular weight is 440 g/mol. The van der Waals surface area contributed by atoms with Gasteiger partial charge in [0.05, 0.1) is 19.3 Å². The largest absolute Gasteiger partial charge is 0.374 e. The van der Waals surface area contributed by atoms with Gasteiger partial charge < -0.3 is 20.3 Å². The van der Waals surface area contributed by atoms with E-state index in [1.54, 1.807) is 0 Å². The zero-order valence-electron chi connectivity index (χ0n) is 15.6. The second-order valence-corrected chi connectivity index (χ2v) is 6.84. The molecular formula is C17H37IN4O. The minimum absolute atomic E-state index is 0. The topological polar surface area (TPSA) is 48.9 Å². The smallest absolute Gasteiger partial charge is 0.191 e. The first-order chi connectivity index (χ1) is 10.5. The number of aliphatic imine (C=N–C) groups is 1. The van der Waals surface area contributed by atoms with Gasteiger partial charge in [0.15, 0.2) is 5.96 Å². The normalized spacial score (nSPS) is 21.0. The van der Waals surface area contributed by atoms with Crippen molar-refractivity contribution >= 4 is 29.9 Å². The molecule has 1 fully saturated rings. The second-order valence-electron chi connectivity index (χ2n) is 6.84. The maximum atomic E-state index is 5.77. The summed E-state index contributed by atoms with van der Waals surface area (Å²) in [5.74, 6) is 1.70. The van der Waals surface area contributed by atoms with Crippen molar-refractivity contribution in [3.63, 3.8) is 0 Å². The van der Waals surface area contributed by atoms with Crippen molar-refractivity contribution < 1.29 is 4.74 Å². The Morgan fingerprint density at radius 1 is 1.30 bits per heavy atom. The molecule has 0 spiro atoms. The Hall–Kier alpha value is -0.0800.